The fourth-order valence-corrected chi connectivity index (χ4v) is 2.76. The van der Waals surface area contributed by atoms with Gasteiger partial charge in [-0.1, -0.05) is 18.2 Å². The number of carbonyl (C=O) groups excluding carboxylic acids is 1. The third kappa shape index (κ3) is 4.41. The van der Waals surface area contributed by atoms with Crippen LogP contribution in [-0.2, 0) is 4.79 Å². The number of primary amides is 1. The molecule has 30 heavy (non-hydrogen) atoms. The quantitative estimate of drug-likeness (QED) is 0.408. The van der Waals surface area contributed by atoms with E-state index in [0.717, 1.165) is 6.07 Å². The van der Waals surface area contributed by atoms with E-state index >= 15 is 0 Å². The van der Waals surface area contributed by atoms with Crippen LogP contribution in [0.15, 0.2) is 42.7 Å². The molecule has 1 amide bonds. The minimum absolute atomic E-state index is 0.0579. The molecule has 0 aliphatic heterocycles. The molecule has 1 heterocycles. The molecule has 10 heteroatoms. The van der Waals surface area contributed by atoms with E-state index in [-0.39, 0.29) is 30.1 Å². The van der Waals surface area contributed by atoms with Gasteiger partial charge in [0.05, 0.1) is 24.9 Å². The summed E-state index contributed by atoms with van der Waals surface area (Å²) in [5, 5.41) is 2.65. The Morgan fingerprint density at radius 3 is 2.73 bits per heavy atom. The number of halogens is 3. The van der Waals surface area contributed by atoms with Crippen LogP contribution >= 0.6 is 11.6 Å². The fourth-order valence-electron chi connectivity index (χ4n) is 2.59. The van der Waals surface area contributed by atoms with Gasteiger partial charge in [-0.2, -0.15) is 0 Å². The normalized spacial score (nSPS) is 10.7. The summed E-state index contributed by atoms with van der Waals surface area (Å²) in [4.78, 5) is 19.4. The maximum absolute atomic E-state index is 14.3. The SMILES string of the molecule is C=C(CCOc1cc2c(Nc3ccc(F)c(Cl)c3F)ncnc2cc1OC)C(N)=O. The van der Waals surface area contributed by atoms with Gasteiger partial charge in [0.2, 0.25) is 5.91 Å². The Balaban J connectivity index is 1.95. The number of aromatic nitrogens is 2. The number of rotatable bonds is 8. The number of methoxy groups -OCH3 is 1. The fraction of sp³-hybridized carbons (Fsp3) is 0.150. The van der Waals surface area contributed by atoms with Crippen LogP contribution in [0.5, 0.6) is 11.5 Å². The summed E-state index contributed by atoms with van der Waals surface area (Å²) >= 11 is 5.64. The first-order valence-corrected chi connectivity index (χ1v) is 9.03. The molecule has 3 rings (SSSR count). The smallest absolute Gasteiger partial charge is 0.244 e. The zero-order valence-corrected chi connectivity index (χ0v) is 16.6. The van der Waals surface area contributed by atoms with Crippen LogP contribution in [0.3, 0.4) is 0 Å². The van der Waals surface area contributed by atoms with E-state index in [0.29, 0.717) is 22.4 Å². The van der Waals surface area contributed by atoms with Gasteiger partial charge in [-0.15, -0.1) is 0 Å². The van der Waals surface area contributed by atoms with Gasteiger partial charge in [-0.25, -0.2) is 18.7 Å². The van der Waals surface area contributed by atoms with Crippen LogP contribution in [-0.4, -0.2) is 29.6 Å². The van der Waals surface area contributed by atoms with Gasteiger partial charge in [0.25, 0.3) is 0 Å². The molecular weight excluding hydrogens is 418 g/mol. The van der Waals surface area contributed by atoms with Gasteiger partial charge in [0, 0.05) is 23.4 Å². The molecule has 2 aromatic carbocycles. The number of carbonyl (C=O) groups is 1. The molecule has 3 aromatic rings. The molecular formula is C20H17ClF2N4O3. The number of hydrogen-bond donors (Lipinski definition) is 2. The Morgan fingerprint density at radius 2 is 2.03 bits per heavy atom. The standard InChI is InChI=1S/C20H17ClF2N4O3/c1-10(19(24)28)5-6-30-16-7-11-14(8-15(16)29-2)25-9-26-20(11)27-13-4-3-12(22)17(21)18(13)23/h3-4,7-9H,1,5-6H2,2H3,(H2,24,28)(H,25,26,27). The van der Waals surface area contributed by atoms with E-state index in [1.807, 2.05) is 0 Å². The first kappa shape index (κ1) is 21.3. The van der Waals surface area contributed by atoms with Gasteiger partial charge < -0.3 is 20.5 Å². The molecule has 0 radical (unpaired) electrons. The first-order chi connectivity index (χ1) is 14.3. The maximum Gasteiger partial charge on any atom is 0.244 e. The summed E-state index contributed by atoms with van der Waals surface area (Å²) in [5.74, 6) is -1.44. The Bertz CT molecular complexity index is 1140. The Kier molecular flexibility index (Phi) is 6.31. The van der Waals surface area contributed by atoms with Crippen molar-refractivity contribution in [1.29, 1.82) is 0 Å². The molecule has 1 aromatic heterocycles. The second-order valence-electron chi connectivity index (χ2n) is 6.16. The second-order valence-corrected chi connectivity index (χ2v) is 6.53. The van der Waals surface area contributed by atoms with Crippen molar-refractivity contribution < 1.29 is 23.0 Å². The van der Waals surface area contributed by atoms with Crippen molar-refractivity contribution in [2.45, 2.75) is 6.42 Å². The third-order valence-corrected chi connectivity index (χ3v) is 4.57. The average Bonchev–Trinajstić information content (AvgIpc) is 2.73. The summed E-state index contributed by atoms with van der Waals surface area (Å²) in [6.45, 7) is 3.70. The van der Waals surface area contributed by atoms with Gasteiger partial charge in [0.1, 0.15) is 23.0 Å². The van der Waals surface area contributed by atoms with Crippen LogP contribution in [0.1, 0.15) is 6.42 Å². The van der Waals surface area contributed by atoms with E-state index in [2.05, 4.69) is 21.9 Å². The predicted octanol–water partition coefficient (Wildman–Crippen LogP) is 4.12. The zero-order valence-electron chi connectivity index (χ0n) is 15.8. The molecule has 0 saturated heterocycles. The average molecular weight is 435 g/mol. The molecule has 0 atom stereocenters. The summed E-state index contributed by atoms with van der Waals surface area (Å²) in [5.41, 5.74) is 5.82. The van der Waals surface area contributed by atoms with Crippen LogP contribution in [0, 0.1) is 11.6 Å². The zero-order chi connectivity index (χ0) is 21.8. The topological polar surface area (TPSA) is 99.4 Å². The predicted molar refractivity (Wildman–Crippen MR) is 109 cm³/mol. The van der Waals surface area contributed by atoms with Crippen LogP contribution in [0.2, 0.25) is 5.02 Å². The third-order valence-electron chi connectivity index (χ3n) is 4.22. The van der Waals surface area contributed by atoms with Gasteiger partial charge in [0.15, 0.2) is 17.3 Å². The van der Waals surface area contributed by atoms with Crippen molar-refractivity contribution in [3.05, 3.63) is 59.4 Å². The van der Waals surface area contributed by atoms with Crippen LogP contribution in [0.25, 0.3) is 10.9 Å². The highest BCUT2D eigenvalue weighted by Crippen LogP contribution is 2.36. The monoisotopic (exact) mass is 434 g/mol. The van der Waals surface area contributed by atoms with E-state index in [1.54, 1.807) is 12.1 Å². The van der Waals surface area contributed by atoms with Crippen molar-refractivity contribution in [1.82, 2.24) is 9.97 Å². The number of nitrogens with one attached hydrogen (secondary N) is 1. The van der Waals surface area contributed by atoms with Crippen molar-refractivity contribution in [3.63, 3.8) is 0 Å². The number of hydrogen-bond acceptors (Lipinski definition) is 6. The molecule has 0 unspecified atom stereocenters. The molecule has 0 aliphatic carbocycles. The van der Waals surface area contributed by atoms with Gasteiger partial charge >= 0.3 is 0 Å². The molecule has 3 N–H and O–H groups in total. The summed E-state index contributed by atoms with van der Waals surface area (Å²) in [6.07, 6.45) is 1.51. The molecule has 0 fully saturated rings. The number of nitrogens with two attached hydrogens (primary N) is 1. The number of benzene rings is 2. The molecule has 0 aliphatic rings. The number of nitrogens with zero attached hydrogens (tertiary/aromatic N) is 2. The van der Waals surface area contributed by atoms with Gasteiger partial charge in [-0.05, 0) is 18.2 Å². The van der Waals surface area contributed by atoms with Crippen LogP contribution in [0.4, 0.5) is 20.3 Å². The summed E-state index contributed by atoms with van der Waals surface area (Å²) in [6, 6.07) is 5.47. The number of anilines is 2. The molecule has 0 spiro atoms. The minimum Gasteiger partial charge on any atom is -0.493 e. The second kappa shape index (κ2) is 8.91. The molecule has 0 saturated carbocycles. The Hall–Kier alpha value is -3.46. The number of ether oxygens (including phenoxy) is 2. The van der Waals surface area contributed by atoms with E-state index in [4.69, 9.17) is 26.8 Å². The van der Waals surface area contributed by atoms with Crippen molar-refractivity contribution in [3.8, 4) is 11.5 Å². The van der Waals surface area contributed by atoms with Crippen LogP contribution < -0.4 is 20.5 Å². The first-order valence-electron chi connectivity index (χ1n) is 8.65. The summed E-state index contributed by atoms with van der Waals surface area (Å²) < 4.78 is 38.7. The van der Waals surface area contributed by atoms with Crippen molar-refractivity contribution in [2.75, 3.05) is 19.0 Å². The lowest BCUT2D eigenvalue weighted by molar-refractivity contribution is -0.114. The highest BCUT2D eigenvalue weighted by atomic mass is 35.5. The Labute approximate surface area is 175 Å². The highest BCUT2D eigenvalue weighted by Gasteiger charge is 2.16. The minimum atomic E-state index is -0.946. The number of amides is 1. The lowest BCUT2D eigenvalue weighted by Gasteiger charge is -2.14. The summed E-state index contributed by atoms with van der Waals surface area (Å²) in [7, 11) is 1.46. The lowest BCUT2D eigenvalue weighted by atomic mass is 10.2. The molecule has 156 valence electrons. The highest BCUT2D eigenvalue weighted by molar-refractivity contribution is 6.31. The van der Waals surface area contributed by atoms with Crippen molar-refractivity contribution in [2.24, 2.45) is 5.73 Å². The van der Waals surface area contributed by atoms with E-state index in [1.165, 1.54) is 19.5 Å². The maximum atomic E-state index is 14.3. The van der Waals surface area contributed by atoms with Gasteiger partial charge in [-0.3, -0.25) is 4.79 Å². The van der Waals surface area contributed by atoms with E-state index < -0.39 is 22.6 Å². The lowest BCUT2D eigenvalue weighted by Crippen LogP contribution is -2.15. The largest absolute Gasteiger partial charge is 0.493 e. The molecule has 7 nitrogen and oxygen atoms in total. The molecule has 0 bridgehead atoms. The van der Waals surface area contributed by atoms with E-state index in [9.17, 15) is 13.6 Å². The number of fused-ring (bicyclic) bond motifs is 1. The Morgan fingerprint density at radius 1 is 1.27 bits per heavy atom. The van der Waals surface area contributed by atoms with Crippen molar-refractivity contribution >= 4 is 39.9 Å².